The highest BCUT2D eigenvalue weighted by Gasteiger charge is 2.17. The van der Waals surface area contributed by atoms with E-state index in [0.29, 0.717) is 0 Å². The molecule has 1 aromatic carbocycles. The van der Waals surface area contributed by atoms with Gasteiger partial charge >= 0.3 is 0 Å². The maximum atomic E-state index is 12.9. The van der Waals surface area contributed by atoms with E-state index in [-0.39, 0.29) is 5.56 Å². The summed E-state index contributed by atoms with van der Waals surface area (Å²) in [5.74, 6) is 0. The molecule has 1 aliphatic rings. The fourth-order valence-electron chi connectivity index (χ4n) is 4.56. The fourth-order valence-corrected chi connectivity index (χ4v) is 4.56. The van der Waals surface area contributed by atoms with Crippen molar-refractivity contribution in [3.8, 4) is 16.9 Å². The molecule has 0 spiro atoms. The summed E-state index contributed by atoms with van der Waals surface area (Å²) < 4.78 is 4.05. The first-order valence-corrected chi connectivity index (χ1v) is 10.4. The molecule has 0 saturated heterocycles. The predicted molar refractivity (Wildman–Crippen MR) is 118 cm³/mol. The van der Waals surface area contributed by atoms with Crippen LogP contribution in [0.3, 0.4) is 0 Å². The molecule has 0 fully saturated rings. The third kappa shape index (κ3) is 3.09. The van der Waals surface area contributed by atoms with Crippen LogP contribution in [0.25, 0.3) is 27.8 Å². The summed E-state index contributed by atoms with van der Waals surface area (Å²) in [4.78, 5) is 17.3. The minimum Gasteiger partial charge on any atom is -0.347 e. The van der Waals surface area contributed by atoms with Gasteiger partial charge in [0.15, 0.2) is 0 Å². The molecule has 0 bridgehead atoms. The van der Waals surface area contributed by atoms with Crippen LogP contribution in [0.15, 0.2) is 59.7 Å². The van der Waals surface area contributed by atoms with Gasteiger partial charge in [0.25, 0.3) is 5.56 Å². The van der Waals surface area contributed by atoms with Gasteiger partial charge in [-0.3, -0.25) is 14.3 Å². The maximum absolute atomic E-state index is 12.9. The van der Waals surface area contributed by atoms with E-state index in [0.717, 1.165) is 35.3 Å². The van der Waals surface area contributed by atoms with E-state index >= 15 is 0 Å². The molecule has 0 radical (unpaired) electrons. The second kappa shape index (κ2) is 7.03. The average Bonchev–Trinajstić information content (AvgIpc) is 2.89. The molecule has 3 heterocycles. The fraction of sp³-hybridized carbons (Fsp3) is 0.280. The third-order valence-corrected chi connectivity index (χ3v) is 6.17. The summed E-state index contributed by atoms with van der Waals surface area (Å²) in [5.41, 5.74) is 7.81. The molecule has 0 atom stereocenters. The minimum atomic E-state index is -0.0417. The number of hydrogen-bond donors (Lipinski definition) is 0. The van der Waals surface area contributed by atoms with Crippen LogP contribution in [0, 0.1) is 6.92 Å². The van der Waals surface area contributed by atoms with E-state index in [4.69, 9.17) is 0 Å². The molecule has 5 rings (SSSR count). The Balaban J connectivity index is 1.58. The minimum absolute atomic E-state index is 0.0417. The van der Waals surface area contributed by atoms with Crippen molar-refractivity contribution in [2.24, 2.45) is 7.05 Å². The van der Waals surface area contributed by atoms with E-state index in [1.807, 2.05) is 37.5 Å². The Hall–Kier alpha value is -3.14. The molecular formula is C25H25N3O. The number of aromatic nitrogens is 3. The van der Waals surface area contributed by atoms with Crippen LogP contribution in [-0.2, 0) is 19.9 Å². The average molecular weight is 383 g/mol. The molecule has 146 valence electrons. The number of nitrogens with zero attached hydrogens (tertiary/aromatic N) is 3. The Bertz CT molecular complexity index is 1260. The Morgan fingerprint density at radius 2 is 1.83 bits per heavy atom. The van der Waals surface area contributed by atoms with Crippen molar-refractivity contribution in [3.05, 3.63) is 82.0 Å². The van der Waals surface area contributed by atoms with Gasteiger partial charge in [0.1, 0.15) is 0 Å². The van der Waals surface area contributed by atoms with Crippen LogP contribution >= 0.6 is 0 Å². The van der Waals surface area contributed by atoms with Crippen molar-refractivity contribution in [2.75, 3.05) is 0 Å². The topological polar surface area (TPSA) is 39.8 Å². The Morgan fingerprint density at radius 3 is 2.62 bits per heavy atom. The molecule has 4 nitrogen and oxygen atoms in total. The molecule has 0 N–H and O–H groups in total. The molecule has 4 aromatic rings. The summed E-state index contributed by atoms with van der Waals surface area (Å²) >= 11 is 0. The van der Waals surface area contributed by atoms with E-state index in [1.54, 1.807) is 10.6 Å². The standard InChI is InChI=1S/C25H25N3O/c1-17-8-11-22(26-16-17)18-12-13-28(25(29)14-18)19-9-10-21-20-6-4-3-5-7-23(20)27(2)24(21)15-19/h8-16H,3-7H2,1-2H3. The Kier molecular flexibility index (Phi) is 4.35. The van der Waals surface area contributed by atoms with Crippen molar-refractivity contribution in [1.29, 1.82) is 0 Å². The largest absolute Gasteiger partial charge is 0.347 e. The second-order valence-corrected chi connectivity index (χ2v) is 8.09. The van der Waals surface area contributed by atoms with Crippen molar-refractivity contribution < 1.29 is 0 Å². The molecule has 1 aliphatic carbocycles. The highest BCUT2D eigenvalue weighted by Crippen LogP contribution is 2.31. The number of fused-ring (bicyclic) bond motifs is 3. The molecule has 0 amide bonds. The molecule has 0 saturated carbocycles. The van der Waals surface area contributed by atoms with Crippen molar-refractivity contribution in [1.82, 2.24) is 14.1 Å². The van der Waals surface area contributed by atoms with Crippen LogP contribution < -0.4 is 5.56 Å². The highest BCUT2D eigenvalue weighted by atomic mass is 16.1. The van der Waals surface area contributed by atoms with Gasteiger partial charge in [-0.2, -0.15) is 0 Å². The van der Waals surface area contributed by atoms with Gasteiger partial charge in [-0.1, -0.05) is 18.6 Å². The lowest BCUT2D eigenvalue weighted by Gasteiger charge is -2.09. The Morgan fingerprint density at radius 1 is 0.966 bits per heavy atom. The van der Waals surface area contributed by atoms with Gasteiger partial charge in [0.2, 0.25) is 0 Å². The van der Waals surface area contributed by atoms with Crippen LogP contribution in [0.2, 0.25) is 0 Å². The SMILES string of the molecule is Cc1ccc(-c2ccn(-c3ccc4c5c(n(C)c4c3)CCCCC5)c(=O)c2)nc1. The number of benzene rings is 1. The van der Waals surface area contributed by atoms with Gasteiger partial charge in [-0.05, 0) is 68.0 Å². The zero-order valence-corrected chi connectivity index (χ0v) is 17.0. The molecule has 4 heteroatoms. The number of rotatable bonds is 2. The van der Waals surface area contributed by atoms with Gasteiger partial charge in [-0.25, -0.2) is 0 Å². The van der Waals surface area contributed by atoms with E-state index < -0.39 is 0 Å². The lowest BCUT2D eigenvalue weighted by molar-refractivity contribution is 0.698. The first-order chi connectivity index (χ1) is 14.1. The highest BCUT2D eigenvalue weighted by molar-refractivity contribution is 5.87. The summed E-state index contributed by atoms with van der Waals surface area (Å²) in [6.07, 6.45) is 9.83. The summed E-state index contributed by atoms with van der Waals surface area (Å²) in [7, 11) is 2.16. The van der Waals surface area contributed by atoms with Crippen LogP contribution in [0.4, 0.5) is 0 Å². The number of aryl methyl sites for hydroxylation is 3. The van der Waals surface area contributed by atoms with E-state index in [1.165, 1.54) is 41.4 Å². The quantitative estimate of drug-likeness (QED) is 0.459. The van der Waals surface area contributed by atoms with E-state index in [2.05, 4.69) is 34.8 Å². The Labute approximate surface area is 170 Å². The van der Waals surface area contributed by atoms with Gasteiger partial charge < -0.3 is 4.57 Å². The molecule has 0 unspecified atom stereocenters. The van der Waals surface area contributed by atoms with Gasteiger partial charge in [-0.15, -0.1) is 0 Å². The summed E-state index contributed by atoms with van der Waals surface area (Å²) in [6, 6.07) is 14.0. The first-order valence-electron chi connectivity index (χ1n) is 10.4. The predicted octanol–water partition coefficient (Wildman–Crippen LogP) is 4.97. The smallest absolute Gasteiger partial charge is 0.255 e. The first kappa shape index (κ1) is 17.9. The second-order valence-electron chi connectivity index (χ2n) is 8.09. The normalized spacial score (nSPS) is 14.0. The monoisotopic (exact) mass is 383 g/mol. The molecule has 29 heavy (non-hydrogen) atoms. The van der Waals surface area contributed by atoms with Crippen LogP contribution in [0.1, 0.15) is 36.1 Å². The van der Waals surface area contributed by atoms with Crippen molar-refractivity contribution in [3.63, 3.8) is 0 Å². The van der Waals surface area contributed by atoms with Crippen LogP contribution in [-0.4, -0.2) is 14.1 Å². The lowest BCUT2D eigenvalue weighted by Crippen LogP contribution is -2.16. The summed E-state index contributed by atoms with van der Waals surface area (Å²) in [5, 5.41) is 1.33. The number of pyridine rings is 2. The van der Waals surface area contributed by atoms with Gasteiger partial charge in [0.05, 0.1) is 16.9 Å². The van der Waals surface area contributed by atoms with E-state index in [9.17, 15) is 4.79 Å². The molecule has 3 aromatic heterocycles. The van der Waals surface area contributed by atoms with Crippen molar-refractivity contribution >= 4 is 10.9 Å². The zero-order chi connectivity index (χ0) is 20.0. The molecular weight excluding hydrogens is 358 g/mol. The van der Waals surface area contributed by atoms with Crippen molar-refractivity contribution in [2.45, 2.75) is 39.0 Å². The zero-order valence-electron chi connectivity index (χ0n) is 17.0. The van der Waals surface area contributed by atoms with Crippen LogP contribution in [0.5, 0.6) is 0 Å². The summed E-state index contributed by atoms with van der Waals surface area (Å²) in [6.45, 7) is 2.01. The molecule has 0 aliphatic heterocycles. The van der Waals surface area contributed by atoms with Gasteiger partial charge in [0, 0.05) is 42.2 Å². The maximum Gasteiger partial charge on any atom is 0.255 e. The third-order valence-electron chi connectivity index (χ3n) is 6.17. The lowest BCUT2D eigenvalue weighted by atomic mass is 10.1. The number of hydrogen-bond acceptors (Lipinski definition) is 2.